The van der Waals surface area contributed by atoms with Gasteiger partial charge < -0.3 is 14.8 Å². The van der Waals surface area contributed by atoms with Crippen molar-refractivity contribution < 1.29 is 9.47 Å². The zero-order chi connectivity index (χ0) is 25.4. The molecule has 1 aliphatic carbocycles. The number of hydrogen-bond donors (Lipinski definition) is 2. The number of aromatic nitrogens is 7. The van der Waals surface area contributed by atoms with Crippen molar-refractivity contribution in [2.75, 3.05) is 18.5 Å². The first kappa shape index (κ1) is 23.6. The molecule has 10 heteroatoms. The van der Waals surface area contributed by atoms with Gasteiger partial charge in [0.2, 0.25) is 0 Å². The van der Waals surface area contributed by atoms with E-state index in [2.05, 4.69) is 80.8 Å². The van der Waals surface area contributed by atoms with Crippen molar-refractivity contribution in [3.05, 3.63) is 65.4 Å². The molecule has 1 aliphatic heterocycles. The number of aryl methyl sites for hydroxylation is 1. The van der Waals surface area contributed by atoms with Gasteiger partial charge in [-0.25, -0.2) is 4.98 Å². The number of nitrogens with one attached hydrogen (secondary N) is 2. The molecular formula is C27H32N8O2. The molecule has 2 N–H and O–H groups in total. The van der Waals surface area contributed by atoms with Gasteiger partial charge in [0, 0.05) is 37.1 Å². The van der Waals surface area contributed by atoms with E-state index in [0.29, 0.717) is 23.6 Å². The topological polar surface area (TPSA) is 116 Å². The zero-order valence-corrected chi connectivity index (χ0v) is 21.4. The van der Waals surface area contributed by atoms with Crippen LogP contribution in [-0.4, -0.2) is 48.6 Å². The van der Waals surface area contributed by atoms with E-state index in [1.54, 1.807) is 6.20 Å². The summed E-state index contributed by atoms with van der Waals surface area (Å²) in [5.74, 6) is 3.26. The predicted octanol–water partition coefficient (Wildman–Crippen LogP) is 5.19. The van der Waals surface area contributed by atoms with E-state index in [0.717, 1.165) is 60.1 Å². The minimum Gasteiger partial charge on any atom is -0.454 e. The number of H-pyrrole nitrogens is 1. The van der Waals surface area contributed by atoms with Gasteiger partial charge in [-0.1, -0.05) is 11.3 Å². The summed E-state index contributed by atoms with van der Waals surface area (Å²) in [7, 11) is 0. The lowest BCUT2D eigenvalue weighted by Gasteiger charge is -2.23. The van der Waals surface area contributed by atoms with E-state index < -0.39 is 5.41 Å². The Hall–Kier alpha value is -3.79. The molecule has 0 bridgehead atoms. The minimum absolute atomic E-state index is 0.358. The highest BCUT2D eigenvalue weighted by Crippen LogP contribution is 2.41. The van der Waals surface area contributed by atoms with Crippen LogP contribution in [0.1, 0.15) is 74.1 Å². The van der Waals surface area contributed by atoms with Gasteiger partial charge in [-0.05, 0) is 75.8 Å². The van der Waals surface area contributed by atoms with E-state index in [4.69, 9.17) is 14.6 Å². The Labute approximate surface area is 215 Å². The smallest absolute Gasteiger partial charge is 0.184 e. The Morgan fingerprint density at radius 1 is 1.11 bits per heavy atom. The number of pyridine rings is 1. The molecule has 4 heterocycles. The third-order valence-corrected chi connectivity index (χ3v) is 7.19. The maximum Gasteiger partial charge on any atom is 0.184 e. The molecule has 0 atom stereocenters. The number of benzene rings is 1. The van der Waals surface area contributed by atoms with Crippen LogP contribution in [-0.2, 0) is 10.2 Å². The fourth-order valence-electron chi connectivity index (χ4n) is 4.84. The molecule has 37 heavy (non-hydrogen) atoms. The van der Waals surface area contributed by atoms with E-state index in [9.17, 15) is 0 Å². The SMILES string of the molecule is Cc1cc(Nc2cc(Oc3cn(C4CC4)nc3C3CCOCC3)ccn2)cc(C(C)(C)c2nn[nH]n2)c1. The first-order valence-electron chi connectivity index (χ1n) is 12.9. The van der Waals surface area contributed by atoms with Crippen molar-refractivity contribution in [3.8, 4) is 11.5 Å². The van der Waals surface area contributed by atoms with Gasteiger partial charge in [0.25, 0.3) is 0 Å². The summed E-state index contributed by atoms with van der Waals surface area (Å²) in [6.07, 6.45) is 8.12. The minimum atomic E-state index is -0.407. The van der Waals surface area contributed by atoms with Crippen molar-refractivity contribution in [2.24, 2.45) is 0 Å². The molecule has 192 valence electrons. The van der Waals surface area contributed by atoms with Crippen molar-refractivity contribution in [3.63, 3.8) is 0 Å². The van der Waals surface area contributed by atoms with Crippen LogP contribution in [0, 0.1) is 6.92 Å². The summed E-state index contributed by atoms with van der Waals surface area (Å²) in [6, 6.07) is 10.6. The molecule has 6 rings (SSSR count). The average molecular weight is 501 g/mol. The third kappa shape index (κ3) is 5.06. The third-order valence-electron chi connectivity index (χ3n) is 7.19. The van der Waals surface area contributed by atoms with E-state index in [1.807, 2.05) is 12.1 Å². The first-order chi connectivity index (χ1) is 18.0. The van der Waals surface area contributed by atoms with Crippen LogP contribution < -0.4 is 10.1 Å². The summed E-state index contributed by atoms with van der Waals surface area (Å²) < 4.78 is 14.1. The van der Waals surface area contributed by atoms with Gasteiger partial charge in [-0.15, -0.1) is 10.2 Å². The molecule has 4 aromatic rings. The number of tetrazole rings is 1. The maximum absolute atomic E-state index is 6.42. The van der Waals surface area contributed by atoms with Gasteiger partial charge in [0.1, 0.15) is 17.3 Å². The second kappa shape index (κ2) is 9.59. The lowest BCUT2D eigenvalue weighted by molar-refractivity contribution is 0.0839. The van der Waals surface area contributed by atoms with Crippen LogP contribution in [0.2, 0.25) is 0 Å². The Bertz CT molecular complexity index is 1370. The van der Waals surface area contributed by atoms with Crippen LogP contribution in [0.15, 0.2) is 42.7 Å². The molecule has 3 aromatic heterocycles. The molecule has 0 radical (unpaired) electrons. The lowest BCUT2D eigenvalue weighted by atomic mass is 9.83. The molecule has 10 nitrogen and oxygen atoms in total. The summed E-state index contributed by atoms with van der Waals surface area (Å²) in [4.78, 5) is 4.54. The molecular weight excluding hydrogens is 468 g/mol. The fraction of sp³-hybridized carbons (Fsp3) is 0.444. The molecule has 0 unspecified atom stereocenters. The first-order valence-corrected chi connectivity index (χ1v) is 12.9. The van der Waals surface area contributed by atoms with Crippen LogP contribution in [0.25, 0.3) is 0 Å². The molecule has 1 saturated heterocycles. The van der Waals surface area contributed by atoms with Crippen molar-refractivity contribution >= 4 is 11.5 Å². The Balaban J connectivity index is 1.24. The van der Waals surface area contributed by atoms with Gasteiger partial charge in [0.15, 0.2) is 11.6 Å². The second-order valence-corrected chi connectivity index (χ2v) is 10.5. The number of hydrogen-bond acceptors (Lipinski definition) is 8. The highest BCUT2D eigenvalue weighted by molar-refractivity contribution is 5.60. The maximum atomic E-state index is 6.42. The number of rotatable bonds is 8. The van der Waals surface area contributed by atoms with E-state index in [-0.39, 0.29) is 0 Å². The summed E-state index contributed by atoms with van der Waals surface area (Å²) in [6.45, 7) is 7.78. The average Bonchev–Trinajstić information content (AvgIpc) is 3.41. The molecule has 2 aliphatic rings. The van der Waals surface area contributed by atoms with Gasteiger partial charge in [-0.2, -0.15) is 10.3 Å². The van der Waals surface area contributed by atoms with Crippen molar-refractivity contribution in [1.82, 2.24) is 35.4 Å². The molecule has 0 amide bonds. The van der Waals surface area contributed by atoms with Crippen molar-refractivity contribution in [2.45, 2.75) is 63.8 Å². The second-order valence-electron chi connectivity index (χ2n) is 10.5. The van der Waals surface area contributed by atoms with Crippen LogP contribution in [0.5, 0.6) is 11.5 Å². The summed E-state index contributed by atoms with van der Waals surface area (Å²) in [5.41, 5.74) is 3.76. The van der Waals surface area contributed by atoms with E-state index in [1.165, 1.54) is 12.8 Å². The number of ether oxygens (including phenoxy) is 2. The highest BCUT2D eigenvalue weighted by Gasteiger charge is 2.30. The van der Waals surface area contributed by atoms with Crippen molar-refractivity contribution in [1.29, 1.82) is 0 Å². The summed E-state index contributed by atoms with van der Waals surface area (Å²) >= 11 is 0. The molecule has 1 aromatic carbocycles. The monoisotopic (exact) mass is 500 g/mol. The lowest BCUT2D eigenvalue weighted by Crippen LogP contribution is -2.21. The van der Waals surface area contributed by atoms with Crippen LogP contribution in [0.3, 0.4) is 0 Å². The Morgan fingerprint density at radius 3 is 2.70 bits per heavy atom. The van der Waals surface area contributed by atoms with Crippen LogP contribution in [0.4, 0.5) is 11.5 Å². The Kier molecular flexibility index (Phi) is 6.11. The van der Waals surface area contributed by atoms with Gasteiger partial charge in [-0.3, -0.25) is 4.68 Å². The largest absolute Gasteiger partial charge is 0.454 e. The molecule has 1 saturated carbocycles. The molecule has 0 spiro atoms. The van der Waals surface area contributed by atoms with Crippen LogP contribution >= 0.6 is 0 Å². The molecule has 2 fully saturated rings. The fourth-order valence-corrected chi connectivity index (χ4v) is 4.84. The number of aromatic amines is 1. The number of anilines is 2. The number of nitrogens with zero attached hydrogens (tertiary/aromatic N) is 6. The summed E-state index contributed by atoms with van der Waals surface area (Å²) in [5, 5.41) is 23.1. The normalized spacial score (nSPS) is 16.6. The zero-order valence-electron chi connectivity index (χ0n) is 21.4. The van der Waals surface area contributed by atoms with Gasteiger partial charge >= 0.3 is 0 Å². The standard InChI is InChI=1S/C27H32N8O2/c1-17-12-19(27(2,3)26-30-33-34-31-26)14-20(13-17)29-24-15-22(6-9-28-24)37-23-16-35(21-4-5-21)32-25(23)18-7-10-36-11-8-18/h6,9,12-16,18,21H,4-5,7-8,10-11H2,1-3H3,(H,28,29)(H,30,31,33,34). The van der Waals surface area contributed by atoms with Gasteiger partial charge in [0.05, 0.1) is 17.7 Å². The predicted molar refractivity (Wildman–Crippen MR) is 138 cm³/mol. The van der Waals surface area contributed by atoms with E-state index >= 15 is 0 Å². The quantitative estimate of drug-likeness (QED) is 0.340. The highest BCUT2D eigenvalue weighted by atomic mass is 16.5. The Morgan fingerprint density at radius 2 is 1.95 bits per heavy atom.